The van der Waals surface area contributed by atoms with E-state index in [2.05, 4.69) is 16.9 Å². The van der Waals surface area contributed by atoms with Crippen molar-refractivity contribution in [2.45, 2.75) is 25.8 Å². The van der Waals surface area contributed by atoms with E-state index in [0.29, 0.717) is 25.3 Å². The Kier molecular flexibility index (Phi) is 4.53. The molecule has 0 spiro atoms. The number of nitrogens with zero attached hydrogens (tertiary/aromatic N) is 2. The Labute approximate surface area is 130 Å². The summed E-state index contributed by atoms with van der Waals surface area (Å²) in [7, 11) is 0. The second-order valence-electron chi connectivity index (χ2n) is 5.50. The fourth-order valence-corrected chi connectivity index (χ4v) is 2.94. The number of aromatic amines is 1. The molecule has 1 atom stereocenters. The van der Waals surface area contributed by atoms with E-state index in [9.17, 15) is 4.79 Å². The highest BCUT2D eigenvalue weighted by Gasteiger charge is 2.28. The van der Waals surface area contributed by atoms with Gasteiger partial charge in [0.15, 0.2) is 0 Å². The van der Waals surface area contributed by atoms with Crippen molar-refractivity contribution in [3.63, 3.8) is 0 Å². The van der Waals surface area contributed by atoms with Gasteiger partial charge >= 0.3 is 0 Å². The summed E-state index contributed by atoms with van der Waals surface area (Å²) in [5.41, 5.74) is 1.54. The van der Waals surface area contributed by atoms with Crippen LogP contribution in [0.5, 0.6) is 0 Å². The van der Waals surface area contributed by atoms with Crippen LogP contribution in [0.25, 0.3) is 11.4 Å². The van der Waals surface area contributed by atoms with Crippen LogP contribution in [0.1, 0.15) is 30.1 Å². The SMILES string of the molecule is CCC[C@@H]1COCCN1C(=O)c1ccccc1-c1ncc[nH]1. The molecule has 1 amide bonds. The molecule has 0 saturated carbocycles. The van der Waals surface area contributed by atoms with Gasteiger partial charge in [0.1, 0.15) is 5.82 Å². The Balaban J connectivity index is 1.91. The van der Waals surface area contributed by atoms with Gasteiger partial charge in [-0.3, -0.25) is 4.79 Å². The van der Waals surface area contributed by atoms with Crippen LogP contribution in [-0.4, -0.2) is 46.6 Å². The number of benzene rings is 1. The lowest BCUT2D eigenvalue weighted by molar-refractivity contribution is -0.00429. The number of H-pyrrole nitrogens is 1. The Morgan fingerprint density at radius 1 is 1.45 bits per heavy atom. The van der Waals surface area contributed by atoms with Gasteiger partial charge in [0, 0.05) is 24.5 Å². The van der Waals surface area contributed by atoms with Gasteiger partial charge in [0.05, 0.1) is 24.8 Å². The Hall–Kier alpha value is -2.14. The van der Waals surface area contributed by atoms with E-state index >= 15 is 0 Å². The van der Waals surface area contributed by atoms with Crippen molar-refractivity contribution in [1.29, 1.82) is 0 Å². The minimum Gasteiger partial charge on any atom is -0.377 e. The Morgan fingerprint density at radius 3 is 3.09 bits per heavy atom. The second-order valence-corrected chi connectivity index (χ2v) is 5.50. The number of hydrogen-bond donors (Lipinski definition) is 1. The first-order valence-corrected chi connectivity index (χ1v) is 7.78. The van der Waals surface area contributed by atoms with E-state index in [1.165, 1.54) is 0 Å². The van der Waals surface area contributed by atoms with Gasteiger partial charge in [-0.2, -0.15) is 0 Å². The summed E-state index contributed by atoms with van der Waals surface area (Å²) < 4.78 is 5.54. The van der Waals surface area contributed by atoms with Crippen molar-refractivity contribution in [2.24, 2.45) is 0 Å². The molecule has 1 fully saturated rings. The van der Waals surface area contributed by atoms with Crippen LogP contribution in [0.15, 0.2) is 36.7 Å². The first-order chi connectivity index (χ1) is 10.8. The maximum atomic E-state index is 13.0. The predicted molar refractivity (Wildman–Crippen MR) is 84.6 cm³/mol. The molecule has 1 N–H and O–H groups in total. The van der Waals surface area contributed by atoms with Crippen LogP contribution in [0.2, 0.25) is 0 Å². The molecule has 1 aromatic carbocycles. The van der Waals surface area contributed by atoms with E-state index in [1.807, 2.05) is 29.2 Å². The largest absolute Gasteiger partial charge is 0.377 e. The Morgan fingerprint density at radius 2 is 2.32 bits per heavy atom. The number of amides is 1. The van der Waals surface area contributed by atoms with Gasteiger partial charge in [0.2, 0.25) is 0 Å². The van der Waals surface area contributed by atoms with Gasteiger partial charge in [-0.05, 0) is 12.5 Å². The first kappa shape index (κ1) is 14.8. The number of morpholine rings is 1. The summed E-state index contributed by atoms with van der Waals surface area (Å²) in [6.45, 7) is 4.02. The number of carbonyl (C=O) groups is 1. The number of imidazole rings is 1. The summed E-state index contributed by atoms with van der Waals surface area (Å²) in [6, 6.07) is 7.79. The van der Waals surface area contributed by atoms with Crippen molar-refractivity contribution < 1.29 is 9.53 Å². The lowest BCUT2D eigenvalue weighted by atomic mass is 10.0. The van der Waals surface area contributed by atoms with Crippen LogP contribution in [0.3, 0.4) is 0 Å². The highest BCUT2D eigenvalue weighted by Crippen LogP contribution is 2.24. The average molecular weight is 299 g/mol. The number of aromatic nitrogens is 2. The van der Waals surface area contributed by atoms with E-state index < -0.39 is 0 Å². The molecule has 0 radical (unpaired) electrons. The van der Waals surface area contributed by atoms with Gasteiger partial charge in [0.25, 0.3) is 5.91 Å². The smallest absolute Gasteiger partial charge is 0.255 e. The van der Waals surface area contributed by atoms with Crippen molar-refractivity contribution in [3.8, 4) is 11.4 Å². The van der Waals surface area contributed by atoms with Crippen LogP contribution < -0.4 is 0 Å². The van der Waals surface area contributed by atoms with Gasteiger partial charge < -0.3 is 14.6 Å². The minimum atomic E-state index is 0.0637. The highest BCUT2D eigenvalue weighted by molar-refractivity contribution is 6.00. The highest BCUT2D eigenvalue weighted by atomic mass is 16.5. The molecule has 22 heavy (non-hydrogen) atoms. The monoisotopic (exact) mass is 299 g/mol. The average Bonchev–Trinajstić information content (AvgIpc) is 3.09. The molecular formula is C17H21N3O2. The van der Waals surface area contributed by atoms with E-state index in [0.717, 1.165) is 24.2 Å². The quantitative estimate of drug-likeness (QED) is 0.944. The van der Waals surface area contributed by atoms with Crippen LogP contribution in [0, 0.1) is 0 Å². The zero-order valence-corrected chi connectivity index (χ0v) is 12.8. The van der Waals surface area contributed by atoms with Crippen molar-refractivity contribution in [2.75, 3.05) is 19.8 Å². The molecule has 0 unspecified atom stereocenters. The van der Waals surface area contributed by atoms with Crippen molar-refractivity contribution in [1.82, 2.24) is 14.9 Å². The van der Waals surface area contributed by atoms with Crippen LogP contribution in [0.4, 0.5) is 0 Å². The number of ether oxygens (including phenoxy) is 1. The van der Waals surface area contributed by atoms with Crippen molar-refractivity contribution >= 4 is 5.91 Å². The van der Waals surface area contributed by atoms with E-state index in [4.69, 9.17) is 4.74 Å². The van der Waals surface area contributed by atoms with Gasteiger partial charge in [-0.15, -0.1) is 0 Å². The van der Waals surface area contributed by atoms with E-state index in [-0.39, 0.29) is 11.9 Å². The third-order valence-corrected chi connectivity index (χ3v) is 4.02. The molecule has 0 aliphatic carbocycles. The topological polar surface area (TPSA) is 58.2 Å². The lowest BCUT2D eigenvalue weighted by Gasteiger charge is -2.36. The van der Waals surface area contributed by atoms with Gasteiger partial charge in [-0.25, -0.2) is 4.98 Å². The molecule has 1 aromatic heterocycles. The third-order valence-electron chi connectivity index (χ3n) is 4.02. The van der Waals surface area contributed by atoms with Gasteiger partial charge in [-0.1, -0.05) is 31.5 Å². The fourth-order valence-electron chi connectivity index (χ4n) is 2.94. The molecule has 0 bridgehead atoms. The molecule has 2 aromatic rings. The summed E-state index contributed by atoms with van der Waals surface area (Å²) in [5, 5.41) is 0. The number of carbonyl (C=O) groups excluding carboxylic acids is 1. The summed E-state index contributed by atoms with van der Waals surface area (Å²) in [6.07, 6.45) is 5.47. The molecule has 3 rings (SSSR count). The van der Waals surface area contributed by atoms with E-state index in [1.54, 1.807) is 12.4 Å². The Bertz CT molecular complexity index is 623. The third kappa shape index (κ3) is 2.90. The number of rotatable bonds is 4. The minimum absolute atomic E-state index is 0.0637. The molecule has 5 nitrogen and oxygen atoms in total. The normalized spacial score (nSPS) is 18.4. The molecular weight excluding hydrogens is 278 g/mol. The number of nitrogens with one attached hydrogen (secondary N) is 1. The summed E-state index contributed by atoms with van der Waals surface area (Å²) >= 11 is 0. The lowest BCUT2D eigenvalue weighted by Crippen LogP contribution is -2.48. The maximum Gasteiger partial charge on any atom is 0.255 e. The van der Waals surface area contributed by atoms with Crippen molar-refractivity contribution in [3.05, 3.63) is 42.2 Å². The maximum absolute atomic E-state index is 13.0. The molecule has 2 heterocycles. The first-order valence-electron chi connectivity index (χ1n) is 7.78. The molecule has 1 aliphatic rings. The standard InChI is InChI=1S/C17H21N3O2/c1-2-5-13-12-22-11-10-20(13)17(21)15-7-4-3-6-14(15)16-18-8-9-19-16/h3-4,6-9,13H,2,5,10-12H2,1H3,(H,18,19)/t13-/m1/s1. The molecule has 116 valence electrons. The summed E-state index contributed by atoms with van der Waals surface area (Å²) in [4.78, 5) is 22.3. The molecule has 1 aliphatic heterocycles. The molecule has 1 saturated heterocycles. The molecule has 5 heteroatoms. The predicted octanol–water partition coefficient (Wildman–Crippen LogP) is 2.72. The second kappa shape index (κ2) is 6.75. The zero-order valence-electron chi connectivity index (χ0n) is 12.8. The summed E-state index contributed by atoms with van der Waals surface area (Å²) in [5.74, 6) is 0.790. The van der Waals surface area contributed by atoms with Crippen LogP contribution >= 0.6 is 0 Å². The zero-order chi connectivity index (χ0) is 15.4. The van der Waals surface area contributed by atoms with Crippen LogP contribution in [-0.2, 0) is 4.74 Å². The number of hydrogen-bond acceptors (Lipinski definition) is 3. The fraction of sp³-hybridized carbons (Fsp3) is 0.412.